The number of hydrogen-bond donors (Lipinski definition) is 1. The van der Waals surface area contributed by atoms with E-state index in [0.29, 0.717) is 13.1 Å². The van der Waals surface area contributed by atoms with Crippen LogP contribution in [0.2, 0.25) is 0 Å². The van der Waals surface area contributed by atoms with E-state index in [0.717, 1.165) is 21.5 Å². The molecule has 3 rings (SSSR count). The van der Waals surface area contributed by atoms with Gasteiger partial charge in [0.15, 0.2) is 0 Å². The minimum absolute atomic E-state index is 0.0444. The molecule has 0 aliphatic heterocycles. The Kier molecular flexibility index (Phi) is 3.52. The summed E-state index contributed by atoms with van der Waals surface area (Å²) in [5.74, 6) is 0. The first-order valence-corrected chi connectivity index (χ1v) is 7.36. The van der Waals surface area contributed by atoms with E-state index in [4.69, 9.17) is 0 Å². The van der Waals surface area contributed by atoms with Crippen LogP contribution >= 0.6 is 11.3 Å². The average molecular weight is 285 g/mol. The fraction of sp³-hybridized carbons (Fsp3) is 0.200. The summed E-state index contributed by atoms with van der Waals surface area (Å²) in [4.78, 5) is 16.7. The number of nitrogens with zero attached hydrogens (tertiary/aromatic N) is 2. The van der Waals surface area contributed by atoms with Crippen LogP contribution in [-0.4, -0.2) is 16.1 Å². The van der Waals surface area contributed by atoms with Gasteiger partial charge in [-0.25, -0.2) is 4.98 Å². The van der Waals surface area contributed by atoms with Crippen LogP contribution < -0.4 is 10.9 Å². The van der Waals surface area contributed by atoms with Gasteiger partial charge in [-0.05, 0) is 30.0 Å². The van der Waals surface area contributed by atoms with Gasteiger partial charge in [0.05, 0.1) is 11.8 Å². The molecule has 3 aromatic rings. The Balaban J connectivity index is 1.75. The Bertz CT molecular complexity index is 777. The Morgan fingerprint density at radius 2 is 2.10 bits per heavy atom. The van der Waals surface area contributed by atoms with Gasteiger partial charge in [-0.1, -0.05) is 18.2 Å². The molecule has 0 saturated heterocycles. The predicted molar refractivity (Wildman–Crippen MR) is 83.5 cm³/mol. The van der Waals surface area contributed by atoms with Crippen LogP contribution in [0.1, 0.15) is 5.56 Å². The molecule has 1 aromatic carbocycles. The zero-order chi connectivity index (χ0) is 13.9. The largest absolute Gasteiger partial charge is 0.383 e. The molecule has 0 atom stereocenters. The summed E-state index contributed by atoms with van der Waals surface area (Å²) in [6.07, 6.45) is 1.64. The van der Waals surface area contributed by atoms with Crippen molar-refractivity contribution < 1.29 is 0 Å². The molecule has 4 nitrogen and oxygen atoms in total. The molecule has 1 N–H and O–H groups in total. The number of benzene rings is 1. The van der Waals surface area contributed by atoms with Crippen molar-refractivity contribution in [1.82, 2.24) is 9.55 Å². The lowest BCUT2D eigenvalue weighted by atomic mass is 10.3. The monoisotopic (exact) mass is 285 g/mol. The second-order valence-corrected chi connectivity index (χ2v) is 5.51. The maximum absolute atomic E-state index is 12.3. The van der Waals surface area contributed by atoms with E-state index in [1.807, 2.05) is 42.6 Å². The van der Waals surface area contributed by atoms with Crippen LogP contribution in [0.3, 0.4) is 0 Å². The first-order chi connectivity index (χ1) is 9.75. The first kappa shape index (κ1) is 12.9. The van der Waals surface area contributed by atoms with Gasteiger partial charge in [-0.2, -0.15) is 0 Å². The lowest BCUT2D eigenvalue weighted by molar-refractivity contribution is 0.690. The van der Waals surface area contributed by atoms with Crippen LogP contribution in [0, 0.1) is 6.92 Å². The van der Waals surface area contributed by atoms with Gasteiger partial charge in [0.25, 0.3) is 5.56 Å². The number of nitrogens with one attached hydrogen (secondary N) is 1. The number of aryl methyl sites for hydroxylation is 1. The van der Waals surface area contributed by atoms with Gasteiger partial charge in [0.2, 0.25) is 0 Å². The number of rotatable bonds is 4. The SMILES string of the molecule is Cc1csc2c(=O)n(CCNc3ccccc3)cnc12. The molecule has 5 heteroatoms. The molecule has 2 heterocycles. The summed E-state index contributed by atoms with van der Waals surface area (Å²) in [7, 11) is 0. The second kappa shape index (κ2) is 5.46. The summed E-state index contributed by atoms with van der Waals surface area (Å²) < 4.78 is 2.40. The minimum Gasteiger partial charge on any atom is -0.383 e. The third kappa shape index (κ3) is 2.44. The number of aromatic nitrogens is 2. The second-order valence-electron chi connectivity index (χ2n) is 4.63. The van der Waals surface area contributed by atoms with Crippen LogP contribution in [0.15, 0.2) is 46.8 Å². The average Bonchev–Trinajstić information content (AvgIpc) is 2.85. The molecule has 0 saturated carbocycles. The van der Waals surface area contributed by atoms with Crippen molar-refractivity contribution in [3.05, 3.63) is 58.0 Å². The molecule has 0 spiro atoms. The van der Waals surface area contributed by atoms with E-state index in [9.17, 15) is 4.79 Å². The Morgan fingerprint density at radius 3 is 2.90 bits per heavy atom. The predicted octanol–water partition coefficient (Wildman–Crippen LogP) is 2.88. The molecular formula is C15H15N3OS. The molecule has 102 valence electrons. The minimum atomic E-state index is 0.0444. The van der Waals surface area contributed by atoms with Crippen LogP contribution in [0.4, 0.5) is 5.69 Å². The number of anilines is 1. The van der Waals surface area contributed by atoms with Gasteiger partial charge >= 0.3 is 0 Å². The highest BCUT2D eigenvalue weighted by molar-refractivity contribution is 7.17. The van der Waals surface area contributed by atoms with E-state index in [1.54, 1.807) is 10.9 Å². The van der Waals surface area contributed by atoms with E-state index < -0.39 is 0 Å². The lowest BCUT2D eigenvalue weighted by Crippen LogP contribution is -2.23. The Hall–Kier alpha value is -2.14. The summed E-state index contributed by atoms with van der Waals surface area (Å²) in [6, 6.07) is 9.96. The summed E-state index contributed by atoms with van der Waals surface area (Å²) >= 11 is 1.47. The zero-order valence-electron chi connectivity index (χ0n) is 11.2. The topological polar surface area (TPSA) is 46.9 Å². The highest BCUT2D eigenvalue weighted by Gasteiger charge is 2.07. The molecule has 20 heavy (non-hydrogen) atoms. The summed E-state index contributed by atoms with van der Waals surface area (Å²) in [5.41, 5.74) is 2.99. The van der Waals surface area contributed by atoms with Crippen molar-refractivity contribution in [3.63, 3.8) is 0 Å². The molecule has 2 aromatic heterocycles. The van der Waals surface area contributed by atoms with E-state index in [1.165, 1.54) is 11.3 Å². The van der Waals surface area contributed by atoms with Crippen molar-refractivity contribution in [2.45, 2.75) is 13.5 Å². The molecule has 0 bridgehead atoms. The van der Waals surface area contributed by atoms with Crippen LogP contribution in [0.5, 0.6) is 0 Å². The molecule has 0 aliphatic carbocycles. The van der Waals surface area contributed by atoms with Crippen LogP contribution in [0.25, 0.3) is 10.2 Å². The molecule has 0 fully saturated rings. The van der Waals surface area contributed by atoms with Gasteiger partial charge in [0, 0.05) is 18.8 Å². The number of para-hydroxylation sites is 1. The van der Waals surface area contributed by atoms with Gasteiger partial charge < -0.3 is 5.32 Å². The quantitative estimate of drug-likeness (QED) is 0.802. The highest BCUT2D eigenvalue weighted by atomic mass is 32.1. The van der Waals surface area contributed by atoms with E-state index in [-0.39, 0.29) is 5.56 Å². The third-order valence-corrected chi connectivity index (χ3v) is 4.25. The normalized spacial score (nSPS) is 10.8. The molecule has 0 aliphatic rings. The first-order valence-electron chi connectivity index (χ1n) is 6.48. The third-order valence-electron chi connectivity index (χ3n) is 3.18. The Morgan fingerprint density at radius 1 is 1.30 bits per heavy atom. The maximum Gasteiger partial charge on any atom is 0.271 e. The Labute approximate surface area is 120 Å². The maximum atomic E-state index is 12.3. The molecule has 0 unspecified atom stereocenters. The highest BCUT2D eigenvalue weighted by Crippen LogP contribution is 2.19. The van der Waals surface area contributed by atoms with Crippen molar-refractivity contribution in [2.75, 3.05) is 11.9 Å². The van der Waals surface area contributed by atoms with E-state index in [2.05, 4.69) is 10.3 Å². The number of hydrogen-bond acceptors (Lipinski definition) is 4. The van der Waals surface area contributed by atoms with E-state index >= 15 is 0 Å². The van der Waals surface area contributed by atoms with Gasteiger partial charge in [-0.15, -0.1) is 11.3 Å². The smallest absolute Gasteiger partial charge is 0.271 e. The summed E-state index contributed by atoms with van der Waals surface area (Å²) in [6.45, 7) is 3.28. The van der Waals surface area contributed by atoms with Crippen LogP contribution in [-0.2, 0) is 6.54 Å². The summed E-state index contributed by atoms with van der Waals surface area (Å²) in [5, 5.41) is 5.27. The van der Waals surface area contributed by atoms with Gasteiger partial charge in [-0.3, -0.25) is 9.36 Å². The molecular weight excluding hydrogens is 270 g/mol. The number of thiophene rings is 1. The van der Waals surface area contributed by atoms with Crippen molar-refractivity contribution >= 4 is 27.2 Å². The zero-order valence-corrected chi connectivity index (χ0v) is 12.0. The fourth-order valence-corrected chi connectivity index (χ4v) is 3.05. The van der Waals surface area contributed by atoms with Crippen molar-refractivity contribution in [1.29, 1.82) is 0 Å². The standard InChI is InChI=1S/C15H15N3OS/c1-11-9-20-14-13(11)17-10-18(15(14)19)8-7-16-12-5-3-2-4-6-12/h2-6,9-10,16H,7-8H2,1H3. The molecule has 0 amide bonds. The lowest BCUT2D eigenvalue weighted by Gasteiger charge is -2.08. The van der Waals surface area contributed by atoms with Crippen molar-refractivity contribution in [2.24, 2.45) is 0 Å². The number of fused-ring (bicyclic) bond motifs is 1. The van der Waals surface area contributed by atoms with Crippen molar-refractivity contribution in [3.8, 4) is 0 Å². The fourth-order valence-electron chi connectivity index (χ4n) is 2.10. The molecule has 0 radical (unpaired) electrons. The van der Waals surface area contributed by atoms with Gasteiger partial charge in [0.1, 0.15) is 4.70 Å².